The van der Waals surface area contributed by atoms with Gasteiger partial charge in [0.2, 0.25) is 5.91 Å². The molecule has 3 nitrogen and oxygen atoms in total. The van der Waals surface area contributed by atoms with Gasteiger partial charge < -0.3 is 4.90 Å². The second kappa shape index (κ2) is 5.18. The maximum absolute atomic E-state index is 12.2. The summed E-state index contributed by atoms with van der Waals surface area (Å²) in [5, 5.41) is 8.81. The number of rotatable bonds is 2. The van der Waals surface area contributed by atoms with Crippen LogP contribution in [-0.2, 0) is 4.79 Å². The zero-order valence-electron chi connectivity index (χ0n) is 11.0. The van der Waals surface area contributed by atoms with Gasteiger partial charge in [0.1, 0.15) is 0 Å². The zero-order valence-corrected chi connectivity index (χ0v) is 11.0. The number of nitrogens with zero attached hydrogens (tertiary/aromatic N) is 2. The molecule has 1 aliphatic heterocycles. The molecule has 0 saturated carbocycles. The Bertz CT molecular complexity index is 656. The van der Waals surface area contributed by atoms with Crippen molar-refractivity contribution in [1.29, 1.82) is 5.26 Å². The van der Waals surface area contributed by atoms with Crippen molar-refractivity contribution in [2.45, 2.75) is 12.3 Å². The van der Waals surface area contributed by atoms with E-state index in [-0.39, 0.29) is 11.8 Å². The van der Waals surface area contributed by atoms with Gasteiger partial charge >= 0.3 is 0 Å². The molecular formula is C17H14N2O. The van der Waals surface area contributed by atoms with Crippen LogP contribution in [0.25, 0.3) is 0 Å². The molecule has 0 aliphatic carbocycles. The summed E-state index contributed by atoms with van der Waals surface area (Å²) >= 11 is 0. The van der Waals surface area contributed by atoms with Crippen LogP contribution in [0.2, 0.25) is 0 Å². The summed E-state index contributed by atoms with van der Waals surface area (Å²) in [5.74, 6) is 0.392. The van der Waals surface area contributed by atoms with Crippen LogP contribution in [0.4, 0.5) is 5.69 Å². The normalized spacial score (nSPS) is 18.1. The highest BCUT2D eigenvalue weighted by atomic mass is 16.2. The van der Waals surface area contributed by atoms with E-state index in [2.05, 4.69) is 18.2 Å². The molecule has 0 unspecified atom stereocenters. The number of carbonyl (C=O) groups excluding carboxylic acids is 1. The van der Waals surface area contributed by atoms with Crippen LogP contribution >= 0.6 is 0 Å². The van der Waals surface area contributed by atoms with Crippen molar-refractivity contribution in [3.05, 3.63) is 65.7 Å². The molecule has 1 saturated heterocycles. The summed E-state index contributed by atoms with van der Waals surface area (Å²) in [6.45, 7) is 0.703. The van der Waals surface area contributed by atoms with Crippen molar-refractivity contribution in [1.82, 2.24) is 0 Å². The third kappa shape index (κ3) is 2.28. The van der Waals surface area contributed by atoms with Gasteiger partial charge in [-0.25, -0.2) is 0 Å². The third-order valence-electron chi connectivity index (χ3n) is 3.70. The lowest BCUT2D eigenvalue weighted by Crippen LogP contribution is -2.24. The van der Waals surface area contributed by atoms with Crippen LogP contribution in [0.15, 0.2) is 54.6 Å². The second-order valence-electron chi connectivity index (χ2n) is 4.97. The molecule has 1 amide bonds. The minimum atomic E-state index is 0.142. The van der Waals surface area contributed by atoms with Crippen LogP contribution in [0.5, 0.6) is 0 Å². The Morgan fingerprint density at radius 2 is 1.75 bits per heavy atom. The first-order chi connectivity index (χ1) is 9.78. The average molecular weight is 262 g/mol. The van der Waals surface area contributed by atoms with Crippen LogP contribution in [0, 0.1) is 11.3 Å². The first-order valence-corrected chi connectivity index (χ1v) is 6.63. The van der Waals surface area contributed by atoms with Crippen molar-refractivity contribution in [3.63, 3.8) is 0 Å². The summed E-state index contributed by atoms with van der Waals surface area (Å²) in [7, 11) is 0. The van der Waals surface area contributed by atoms with Gasteiger partial charge in [0, 0.05) is 24.6 Å². The van der Waals surface area contributed by atoms with Gasteiger partial charge in [0.05, 0.1) is 11.6 Å². The van der Waals surface area contributed by atoms with E-state index < -0.39 is 0 Å². The molecule has 2 aromatic rings. The highest BCUT2D eigenvalue weighted by Crippen LogP contribution is 2.31. The van der Waals surface area contributed by atoms with Gasteiger partial charge in [0.15, 0.2) is 0 Å². The summed E-state index contributed by atoms with van der Waals surface area (Å²) in [6, 6.07) is 19.4. The molecule has 2 aromatic carbocycles. The Balaban J connectivity index is 1.82. The van der Waals surface area contributed by atoms with Gasteiger partial charge in [-0.05, 0) is 29.8 Å². The topological polar surface area (TPSA) is 44.1 Å². The average Bonchev–Trinajstić information content (AvgIpc) is 2.90. The smallest absolute Gasteiger partial charge is 0.227 e. The predicted octanol–water partition coefficient (Wildman–Crippen LogP) is 3.08. The number of carbonyl (C=O) groups is 1. The first kappa shape index (κ1) is 12.4. The van der Waals surface area contributed by atoms with Gasteiger partial charge in [-0.15, -0.1) is 0 Å². The van der Waals surface area contributed by atoms with E-state index in [1.165, 1.54) is 5.56 Å². The quantitative estimate of drug-likeness (QED) is 0.834. The first-order valence-electron chi connectivity index (χ1n) is 6.63. The number of hydrogen-bond acceptors (Lipinski definition) is 2. The van der Waals surface area contributed by atoms with Crippen LogP contribution in [0.3, 0.4) is 0 Å². The van der Waals surface area contributed by atoms with E-state index in [1.54, 1.807) is 17.0 Å². The Labute approximate surface area is 118 Å². The van der Waals surface area contributed by atoms with Gasteiger partial charge in [-0.2, -0.15) is 5.26 Å². The Hall–Kier alpha value is -2.60. The summed E-state index contributed by atoms with van der Waals surface area (Å²) < 4.78 is 0. The molecule has 98 valence electrons. The van der Waals surface area contributed by atoms with E-state index in [4.69, 9.17) is 5.26 Å². The fourth-order valence-corrected chi connectivity index (χ4v) is 2.62. The predicted molar refractivity (Wildman–Crippen MR) is 77.3 cm³/mol. The van der Waals surface area contributed by atoms with Gasteiger partial charge in [-0.1, -0.05) is 30.3 Å². The molecule has 0 aromatic heterocycles. The SMILES string of the molecule is N#Cc1ccc(N2C[C@@H](c3ccccc3)CC2=O)cc1. The summed E-state index contributed by atoms with van der Waals surface area (Å²) in [5.41, 5.74) is 2.68. The summed E-state index contributed by atoms with van der Waals surface area (Å²) in [6.07, 6.45) is 0.546. The standard InChI is InChI=1S/C17H14N2O/c18-11-13-6-8-16(9-7-13)19-12-15(10-17(19)20)14-4-2-1-3-5-14/h1-9,15H,10,12H2/t15-/m0/s1. The molecule has 0 N–H and O–H groups in total. The molecule has 1 heterocycles. The monoisotopic (exact) mass is 262 g/mol. The molecule has 3 rings (SSSR count). The lowest BCUT2D eigenvalue weighted by Gasteiger charge is -2.17. The molecule has 1 atom stereocenters. The van der Waals surface area contributed by atoms with Crippen molar-refractivity contribution < 1.29 is 4.79 Å². The van der Waals surface area contributed by atoms with E-state index in [1.807, 2.05) is 30.3 Å². The molecule has 1 fully saturated rings. The molecule has 20 heavy (non-hydrogen) atoms. The van der Waals surface area contributed by atoms with Crippen molar-refractivity contribution in [2.75, 3.05) is 11.4 Å². The number of amides is 1. The van der Waals surface area contributed by atoms with E-state index in [0.29, 0.717) is 18.5 Å². The summed E-state index contributed by atoms with van der Waals surface area (Å²) in [4.78, 5) is 14.0. The van der Waals surface area contributed by atoms with E-state index in [9.17, 15) is 4.79 Å². The minimum absolute atomic E-state index is 0.142. The van der Waals surface area contributed by atoms with Crippen molar-refractivity contribution in [3.8, 4) is 6.07 Å². The molecular weight excluding hydrogens is 248 g/mol. The van der Waals surface area contributed by atoms with E-state index in [0.717, 1.165) is 5.69 Å². The maximum Gasteiger partial charge on any atom is 0.227 e. The maximum atomic E-state index is 12.2. The highest BCUT2D eigenvalue weighted by molar-refractivity contribution is 5.96. The molecule has 0 spiro atoms. The molecule has 0 bridgehead atoms. The van der Waals surface area contributed by atoms with E-state index >= 15 is 0 Å². The minimum Gasteiger partial charge on any atom is -0.312 e. The molecule has 1 aliphatic rings. The Morgan fingerprint density at radius 3 is 2.40 bits per heavy atom. The fraction of sp³-hybridized carbons (Fsp3) is 0.176. The zero-order chi connectivity index (χ0) is 13.9. The van der Waals surface area contributed by atoms with Crippen LogP contribution in [-0.4, -0.2) is 12.5 Å². The molecule has 0 radical (unpaired) electrons. The van der Waals surface area contributed by atoms with Gasteiger partial charge in [-0.3, -0.25) is 4.79 Å². The Kier molecular flexibility index (Phi) is 3.22. The van der Waals surface area contributed by atoms with Crippen molar-refractivity contribution in [2.24, 2.45) is 0 Å². The molecule has 3 heteroatoms. The largest absolute Gasteiger partial charge is 0.312 e. The lowest BCUT2D eigenvalue weighted by atomic mass is 9.98. The Morgan fingerprint density at radius 1 is 1.05 bits per heavy atom. The number of hydrogen-bond donors (Lipinski definition) is 0. The van der Waals surface area contributed by atoms with Gasteiger partial charge in [0.25, 0.3) is 0 Å². The second-order valence-corrected chi connectivity index (χ2v) is 4.97. The van der Waals surface area contributed by atoms with Crippen molar-refractivity contribution >= 4 is 11.6 Å². The van der Waals surface area contributed by atoms with Crippen LogP contribution < -0.4 is 4.90 Å². The fourth-order valence-electron chi connectivity index (χ4n) is 2.62. The number of nitriles is 1. The highest BCUT2D eigenvalue weighted by Gasteiger charge is 2.31. The lowest BCUT2D eigenvalue weighted by molar-refractivity contribution is -0.117. The number of benzene rings is 2. The van der Waals surface area contributed by atoms with Crippen LogP contribution in [0.1, 0.15) is 23.5 Å². The number of anilines is 1. The third-order valence-corrected chi connectivity index (χ3v) is 3.70.